The van der Waals surface area contributed by atoms with Crippen molar-refractivity contribution in [3.8, 4) is 11.5 Å². The largest absolute Gasteiger partial charge is 0.457 e. The van der Waals surface area contributed by atoms with E-state index in [9.17, 15) is 9.59 Å². The number of ether oxygens (including phenoxy) is 1. The molecule has 164 valence electrons. The number of amides is 1. The molecule has 5 aromatic rings. The molecule has 7 nitrogen and oxygen atoms in total. The Balaban J connectivity index is 1.45. The van der Waals surface area contributed by atoms with Gasteiger partial charge < -0.3 is 4.74 Å². The molecule has 0 unspecified atom stereocenters. The van der Waals surface area contributed by atoms with Gasteiger partial charge in [0.25, 0.3) is 11.5 Å². The molecule has 8 heteroatoms. The number of aryl methyl sites for hydroxylation is 1. The SMILES string of the molecule is CCCn1nc(C(=O)Nc2nc3ccc(Oc4ccccc4)cc3s2)c2ccccc2c1=O. The van der Waals surface area contributed by atoms with Crippen LogP contribution >= 0.6 is 11.3 Å². The number of rotatable bonds is 6. The molecule has 0 aliphatic rings. The van der Waals surface area contributed by atoms with Crippen molar-refractivity contribution in [2.24, 2.45) is 0 Å². The molecule has 0 atom stereocenters. The molecular formula is C25H20N4O3S. The minimum atomic E-state index is -0.407. The van der Waals surface area contributed by atoms with E-state index in [1.54, 1.807) is 24.3 Å². The Bertz CT molecular complexity index is 1530. The summed E-state index contributed by atoms with van der Waals surface area (Å²) in [6.07, 6.45) is 0.734. The zero-order valence-corrected chi connectivity index (χ0v) is 18.6. The van der Waals surface area contributed by atoms with Crippen LogP contribution in [0.4, 0.5) is 5.13 Å². The van der Waals surface area contributed by atoms with Gasteiger partial charge in [0.05, 0.1) is 15.6 Å². The van der Waals surface area contributed by atoms with Gasteiger partial charge in [0.2, 0.25) is 0 Å². The third kappa shape index (κ3) is 4.20. The molecule has 0 saturated heterocycles. The number of anilines is 1. The minimum Gasteiger partial charge on any atom is -0.457 e. The molecule has 1 N–H and O–H groups in total. The zero-order valence-electron chi connectivity index (χ0n) is 17.8. The lowest BCUT2D eigenvalue weighted by molar-refractivity contribution is 0.102. The normalized spacial score (nSPS) is 11.1. The van der Waals surface area contributed by atoms with Gasteiger partial charge in [0.1, 0.15) is 11.5 Å². The van der Waals surface area contributed by atoms with Crippen LogP contribution in [-0.2, 0) is 6.54 Å². The molecule has 2 heterocycles. The van der Waals surface area contributed by atoms with Crippen LogP contribution in [0.5, 0.6) is 11.5 Å². The number of aromatic nitrogens is 3. The van der Waals surface area contributed by atoms with Crippen LogP contribution < -0.4 is 15.6 Å². The smallest absolute Gasteiger partial charge is 0.278 e. The Morgan fingerprint density at radius 3 is 2.55 bits per heavy atom. The van der Waals surface area contributed by atoms with Gasteiger partial charge >= 0.3 is 0 Å². The predicted molar refractivity (Wildman–Crippen MR) is 130 cm³/mol. The molecule has 0 aliphatic carbocycles. The molecule has 33 heavy (non-hydrogen) atoms. The van der Waals surface area contributed by atoms with Crippen molar-refractivity contribution in [1.29, 1.82) is 0 Å². The van der Waals surface area contributed by atoms with Crippen LogP contribution in [0.1, 0.15) is 23.8 Å². The van der Waals surface area contributed by atoms with Gasteiger partial charge in [-0.3, -0.25) is 14.9 Å². The minimum absolute atomic E-state index is 0.199. The maximum Gasteiger partial charge on any atom is 0.278 e. The van der Waals surface area contributed by atoms with E-state index in [0.717, 1.165) is 22.4 Å². The number of carbonyl (C=O) groups excluding carboxylic acids is 1. The van der Waals surface area contributed by atoms with Crippen molar-refractivity contribution in [2.75, 3.05) is 5.32 Å². The van der Waals surface area contributed by atoms with E-state index < -0.39 is 5.91 Å². The number of nitrogens with one attached hydrogen (secondary N) is 1. The summed E-state index contributed by atoms with van der Waals surface area (Å²) in [4.78, 5) is 30.3. The maximum atomic E-state index is 13.1. The maximum absolute atomic E-state index is 13.1. The van der Waals surface area contributed by atoms with E-state index in [2.05, 4.69) is 15.4 Å². The molecule has 0 aliphatic heterocycles. The molecular weight excluding hydrogens is 436 g/mol. The third-order valence-corrected chi connectivity index (χ3v) is 6.01. The summed E-state index contributed by atoms with van der Waals surface area (Å²) >= 11 is 1.35. The van der Waals surface area contributed by atoms with Crippen LogP contribution in [0.2, 0.25) is 0 Å². The van der Waals surface area contributed by atoms with Gasteiger partial charge in [0, 0.05) is 18.0 Å². The van der Waals surface area contributed by atoms with E-state index in [1.807, 2.05) is 55.5 Å². The van der Waals surface area contributed by atoms with Crippen molar-refractivity contribution in [2.45, 2.75) is 19.9 Å². The van der Waals surface area contributed by atoms with Crippen LogP contribution in [0.15, 0.2) is 77.6 Å². The Labute approximate surface area is 193 Å². The van der Waals surface area contributed by atoms with Gasteiger partial charge in [-0.2, -0.15) is 5.10 Å². The number of nitrogens with zero attached hydrogens (tertiary/aromatic N) is 3. The van der Waals surface area contributed by atoms with Crippen molar-refractivity contribution in [1.82, 2.24) is 14.8 Å². The van der Waals surface area contributed by atoms with Crippen LogP contribution in [-0.4, -0.2) is 20.7 Å². The van der Waals surface area contributed by atoms with Crippen molar-refractivity contribution >= 4 is 43.4 Å². The third-order valence-electron chi connectivity index (χ3n) is 5.08. The van der Waals surface area contributed by atoms with Gasteiger partial charge in [0.15, 0.2) is 10.8 Å². The highest BCUT2D eigenvalue weighted by Crippen LogP contribution is 2.31. The highest BCUT2D eigenvalue weighted by molar-refractivity contribution is 7.22. The number of fused-ring (bicyclic) bond motifs is 2. The van der Waals surface area contributed by atoms with Crippen molar-refractivity contribution in [3.05, 3.63) is 88.8 Å². The molecule has 0 fully saturated rings. The molecule has 5 rings (SSSR count). The van der Waals surface area contributed by atoms with Gasteiger partial charge in [-0.15, -0.1) is 0 Å². The fourth-order valence-electron chi connectivity index (χ4n) is 3.57. The Hall–Kier alpha value is -4.04. The number of para-hydroxylation sites is 1. The Morgan fingerprint density at radius 1 is 1.00 bits per heavy atom. The molecule has 2 aromatic heterocycles. The highest BCUT2D eigenvalue weighted by Gasteiger charge is 2.18. The van der Waals surface area contributed by atoms with Gasteiger partial charge in [-0.05, 0) is 36.8 Å². The topological polar surface area (TPSA) is 86.1 Å². The molecule has 3 aromatic carbocycles. The van der Waals surface area contributed by atoms with E-state index in [-0.39, 0.29) is 11.3 Å². The molecule has 0 radical (unpaired) electrons. The van der Waals surface area contributed by atoms with E-state index in [0.29, 0.717) is 28.2 Å². The fourth-order valence-corrected chi connectivity index (χ4v) is 4.46. The summed E-state index contributed by atoms with van der Waals surface area (Å²) in [6.45, 7) is 2.40. The van der Waals surface area contributed by atoms with Crippen molar-refractivity contribution in [3.63, 3.8) is 0 Å². The highest BCUT2D eigenvalue weighted by atomic mass is 32.1. The number of hydrogen-bond donors (Lipinski definition) is 1. The Morgan fingerprint density at radius 2 is 1.76 bits per heavy atom. The first-order chi connectivity index (χ1) is 16.1. The van der Waals surface area contributed by atoms with E-state index in [4.69, 9.17) is 4.74 Å². The summed E-state index contributed by atoms with van der Waals surface area (Å²) < 4.78 is 8.12. The first kappa shape index (κ1) is 20.8. The second kappa shape index (κ2) is 8.84. The van der Waals surface area contributed by atoms with Crippen LogP contribution in [0.25, 0.3) is 21.0 Å². The first-order valence-electron chi connectivity index (χ1n) is 10.6. The lowest BCUT2D eigenvalue weighted by atomic mass is 10.1. The summed E-state index contributed by atoms with van der Waals surface area (Å²) in [6, 6.07) is 22.1. The molecule has 1 amide bonds. The summed E-state index contributed by atoms with van der Waals surface area (Å²) in [5.41, 5.74) is 0.755. The average Bonchev–Trinajstić information content (AvgIpc) is 3.23. The average molecular weight is 457 g/mol. The lowest BCUT2D eigenvalue weighted by Crippen LogP contribution is -2.27. The number of carbonyl (C=O) groups is 1. The van der Waals surface area contributed by atoms with Crippen molar-refractivity contribution < 1.29 is 9.53 Å². The second-order valence-corrected chi connectivity index (χ2v) is 8.47. The first-order valence-corrected chi connectivity index (χ1v) is 11.4. The number of hydrogen-bond acceptors (Lipinski definition) is 6. The predicted octanol–water partition coefficient (Wildman–Crippen LogP) is 5.46. The lowest BCUT2D eigenvalue weighted by Gasteiger charge is -2.09. The quantitative estimate of drug-likeness (QED) is 0.367. The second-order valence-electron chi connectivity index (χ2n) is 7.44. The van der Waals surface area contributed by atoms with Crippen LogP contribution in [0.3, 0.4) is 0 Å². The summed E-state index contributed by atoms with van der Waals surface area (Å²) in [5, 5.41) is 8.64. The monoisotopic (exact) mass is 456 g/mol. The zero-order chi connectivity index (χ0) is 22.8. The van der Waals surface area contributed by atoms with Gasteiger partial charge in [-0.25, -0.2) is 9.67 Å². The molecule has 0 bridgehead atoms. The standard InChI is InChI=1S/C25H20N4O3S/c1-2-14-29-24(31)19-11-7-6-10-18(19)22(28-29)23(30)27-25-26-20-13-12-17(15-21(20)33-25)32-16-8-4-3-5-9-16/h3-13,15H,2,14H2,1H3,(H,26,27,30). The number of benzene rings is 3. The fraction of sp³-hybridized carbons (Fsp3) is 0.120. The summed E-state index contributed by atoms with van der Waals surface area (Å²) in [5.74, 6) is 1.03. The molecule has 0 spiro atoms. The number of thiazole rings is 1. The Kier molecular flexibility index (Phi) is 5.58. The molecule has 0 saturated carbocycles. The van der Waals surface area contributed by atoms with E-state index in [1.165, 1.54) is 16.0 Å². The van der Waals surface area contributed by atoms with Crippen LogP contribution in [0, 0.1) is 0 Å². The van der Waals surface area contributed by atoms with Gasteiger partial charge in [-0.1, -0.05) is 54.7 Å². The summed E-state index contributed by atoms with van der Waals surface area (Å²) in [7, 11) is 0. The van der Waals surface area contributed by atoms with E-state index >= 15 is 0 Å².